The summed E-state index contributed by atoms with van der Waals surface area (Å²) in [6.45, 7) is 1.19. The van der Waals surface area contributed by atoms with Crippen LogP contribution in [0.3, 0.4) is 0 Å². The van der Waals surface area contributed by atoms with Crippen LogP contribution >= 0.6 is 22.9 Å². The Morgan fingerprint density at radius 1 is 1.50 bits per heavy atom. The molecule has 0 aliphatic carbocycles. The Morgan fingerprint density at radius 3 is 2.56 bits per heavy atom. The molecule has 2 unspecified atom stereocenters. The van der Waals surface area contributed by atoms with Crippen LogP contribution in [-0.2, 0) is 0 Å². The topological polar surface area (TPSA) is 32.3 Å². The van der Waals surface area contributed by atoms with Crippen LogP contribution in [-0.4, -0.2) is 23.9 Å². The van der Waals surface area contributed by atoms with Gasteiger partial charge in [0.25, 0.3) is 0 Å². The van der Waals surface area contributed by atoms with Crippen molar-refractivity contribution in [3.8, 4) is 0 Å². The van der Waals surface area contributed by atoms with Crippen LogP contribution in [0.1, 0.15) is 17.8 Å². The number of thiophene rings is 1. The molecule has 0 saturated carbocycles. The molecule has 0 bridgehead atoms. The SMILES string of the molecule is CC(NCC(O)C(F)(F)F)c1ccc(Cl)s1. The van der Waals surface area contributed by atoms with Crippen LogP contribution in [0.15, 0.2) is 12.1 Å². The van der Waals surface area contributed by atoms with Gasteiger partial charge in [-0.2, -0.15) is 13.2 Å². The first-order valence-corrected chi connectivity index (χ1v) is 5.73. The van der Waals surface area contributed by atoms with Gasteiger partial charge < -0.3 is 10.4 Å². The Kier molecular flexibility index (Phi) is 4.61. The van der Waals surface area contributed by atoms with Gasteiger partial charge in [0.05, 0.1) is 4.34 Å². The number of hydrogen-bond acceptors (Lipinski definition) is 3. The van der Waals surface area contributed by atoms with E-state index in [0.29, 0.717) is 4.34 Å². The zero-order valence-electron chi connectivity index (χ0n) is 8.38. The lowest BCUT2D eigenvalue weighted by atomic mass is 10.2. The maximum Gasteiger partial charge on any atom is 0.415 e. The number of rotatable bonds is 4. The predicted molar refractivity (Wildman–Crippen MR) is 57.8 cm³/mol. The Labute approximate surface area is 100 Å². The average molecular weight is 274 g/mol. The minimum atomic E-state index is -4.58. The molecule has 16 heavy (non-hydrogen) atoms. The summed E-state index contributed by atoms with van der Waals surface area (Å²) in [5, 5.41) is 11.4. The number of aliphatic hydroxyl groups excluding tert-OH is 1. The molecule has 1 rings (SSSR count). The zero-order valence-corrected chi connectivity index (χ0v) is 9.96. The molecule has 92 valence electrons. The van der Waals surface area contributed by atoms with Crippen LogP contribution in [0.2, 0.25) is 4.34 Å². The first-order valence-electron chi connectivity index (χ1n) is 4.54. The van der Waals surface area contributed by atoms with Crippen molar-refractivity contribution in [3.05, 3.63) is 21.3 Å². The standard InChI is InChI=1S/C9H11ClF3NOS/c1-5(6-2-3-8(10)16-6)14-4-7(15)9(11,12)13/h2-3,5,7,14-15H,4H2,1H3. The molecule has 0 aromatic carbocycles. The van der Waals surface area contributed by atoms with E-state index in [1.165, 1.54) is 11.3 Å². The highest BCUT2D eigenvalue weighted by Crippen LogP contribution is 2.27. The summed E-state index contributed by atoms with van der Waals surface area (Å²) in [6, 6.07) is 3.15. The number of hydrogen-bond donors (Lipinski definition) is 2. The van der Waals surface area contributed by atoms with E-state index in [2.05, 4.69) is 5.32 Å². The van der Waals surface area contributed by atoms with Gasteiger partial charge in [0, 0.05) is 17.5 Å². The molecule has 0 aliphatic rings. The summed E-state index contributed by atoms with van der Waals surface area (Å²) in [6.07, 6.45) is -6.93. The minimum Gasteiger partial charge on any atom is -0.382 e. The van der Waals surface area contributed by atoms with Gasteiger partial charge in [-0.3, -0.25) is 0 Å². The van der Waals surface area contributed by atoms with Crippen LogP contribution in [0, 0.1) is 0 Å². The van der Waals surface area contributed by atoms with Gasteiger partial charge in [-0.15, -0.1) is 11.3 Å². The van der Waals surface area contributed by atoms with Gasteiger partial charge in [0.2, 0.25) is 0 Å². The Balaban J connectivity index is 2.44. The van der Waals surface area contributed by atoms with Crippen molar-refractivity contribution in [2.24, 2.45) is 0 Å². The van der Waals surface area contributed by atoms with Crippen LogP contribution < -0.4 is 5.32 Å². The smallest absolute Gasteiger partial charge is 0.382 e. The molecule has 0 amide bonds. The first kappa shape index (κ1) is 13.8. The lowest BCUT2D eigenvalue weighted by Gasteiger charge is -2.18. The van der Waals surface area contributed by atoms with Crippen molar-refractivity contribution < 1.29 is 18.3 Å². The third-order valence-electron chi connectivity index (χ3n) is 2.02. The van der Waals surface area contributed by atoms with Crippen molar-refractivity contribution in [2.45, 2.75) is 25.2 Å². The minimum absolute atomic E-state index is 0.269. The van der Waals surface area contributed by atoms with Gasteiger partial charge in [-0.1, -0.05) is 11.6 Å². The van der Waals surface area contributed by atoms with Crippen molar-refractivity contribution in [2.75, 3.05) is 6.54 Å². The van der Waals surface area contributed by atoms with Crippen molar-refractivity contribution in [1.82, 2.24) is 5.32 Å². The molecule has 1 aromatic heterocycles. The summed E-state index contributed by atoms with van der Waals surface area (Å²) in [4.78, 5) is 0.833. The van der Waals surface area contributed by atoms with E-state index in [4.69, 9.17) is 16.7 Å². The van der Waals surface area contributed by atoms with Gasteiger partial charge in [0.1, 0.15) is 0 Å². The predicted octanol–water partition coefficient (Wildman–Crippen LogP) is 2.98. The van der Waals surface area contributed by atoms with Gasteiger partial charge in [-0.05, 0) is 19.1 Å². The molecule has 1 heterocycles. The van der Waals surface area contributed by atoms with Gasteiger partial charge in [0.15, 0.2) is 6.10 Å². The second-order valence-electron chi connectivity index (χ2n) is 3.33. The Hall–Kier alpha value is -0.300. The molecule has 0 aliphatic heterocycles. The third-order valence-corrected chi connectivity index (χ3v) is 3.43. The van der Waals surface area contributed by atoms with Crippen molar-refractivity contribution in [3.63, 3.8) is 0 Å². The van der Waals surface area contributed by atoms with Crippen LogP contribution in [0.25, 0.3) is 0 Å². The van der Waals surface area contributed by atoms with Gasteiger partial charge >= 0.3 is 6.18 Å². The highest BCUT2D eigenvalue weighted by atomic mass is 35.5. The molecule has 0 radical (unpaired) electrons. The summed E-state index contributed by atoms with van der Waals surface area (Å²) < 4.78 is 36.6. The molecule has 2 N–H and O–H groups in total. The number of aliphatic hydroxyl groups is 1. The zero-order chi connectivity index (χ0) is 12.3. The van der Waals surface area contributed by atoms with Crippen molar-refractivity contribution >= 4 is 22.9 Å². The van der Waals surface area contributed by atoms with E-state index in [1.54, 1.807) is 19.1 Å². The van der Waals surface area contributed by atoms with E-state index in [0.717, 1.165) is 4.88 Å². The molecular weight excluding hydrogens is 263 g/mol. The first-order chi connectivity index (χ1) is 7.30. The van der Waals surface area contributed by atoms with E-state index in [1.807, 2.05) is 0 Å². The molecule has 7 heteroatoms. The number of halogens is 4. The monoisotopic (exact) mass is 273 g/mol. The second kappa shape index (κ2) is 5.35. The summed E-state index contributed by atoms with van der Waals surface area (Å²) >= 11 is 7.00. The largest absolute Gasteiger partial charge is 0.415 e. The highest BCUT2D eigenvalue weighted by molar-refractivity contribution is 7.16. The fourth-order valence-corrected chi connectivity index (χ4v) is 2.15. The second-order valence-corrected chi connectivity index (χ2v) is 5.08. The molecule has 0 saturated heterocycles. The van der Waals surface area contributed by atoms with E-state index < -0.39 is 18.8 Å². The van der Waals surface area contributed by atoms with Crippen LogP contribution in [0.4, 0.5) is 13.2 Å². The summed E-state index contributed by atoms with van der Waals surface area (Å²) in [7, 11) is 0. The normalized spacial score (nSPS) is 16.1. The molecular formula is C9H11ClF3NOS. The maximum atomic E-state index is 12.0. The van der Waals surface area contributed by atoms with Crippen molar-refractivity contribution in [1.29, 1.82) is 0 Å². The van der Waals surface area contributed by atoms with Crippen LogP contribution in [0.5, 0.6) is 0 Å². The molecule has 0 fully saturated rings. The van der Waals surface area contributed by atoms with Gasteiger partial charge in [-0.25, -0.2) is 0 Å². The summed E-state index contributed by atoms with van der Waals surface area (Å²) in [5.41, 5.74) is 0. The average Bonchev–Trinajstić information content (AvgIpc) is 2.59. The lowest BCUT2D eigenvalue weighted by Crippen LogP contribution is -2.39. The highest BCUT2D eigenvalue weighted by Gasteiger charge is 2.37. The molecule has 2 atom stereocenters. The molecule has 0 spiro atoms. The van der Waals surface area contributed by atoms with E-state index in [9.17, 15) is 13.2 Å². The third kappa shape index (κ3) is 3.93. The lowest BCUT2D eigenvalue weighted by molar-refractivity contribution is -0.202. The fourth-order valence-electron chi connectivity index (χ4n) is 1.07. The number of alkyl halides is 3. The molecule has 1 aromatic rings. The van der Waals surface area contributed by atoms with E-state index in [-0.39, 0.29) is 6.04 Å². The quantitative estimate of drug-likeness (QED) is 0.884. The summed E-state index contributed by atoms with van der Waals surface area (Å²) in [5.74, 6) is 0. The fraction of sp³-hybridized carbons (Fsp3) is 0.556. The Bertz CT molecular complexity index is 342. The molecule has 2 nitrogen and oxygen atoms in total. The maximum absolute atomic E-state index is 12.0. The number of nitrogens with one attached hydrogen (secondary N) is 1. The van der Waals surface area contributed by atoms with E-state index >= 15 is 0 Å². The Morgan fingerprint density at radius 2 is 2.12 bits per heavy atom.